The molecular formula is C21H35N5O3. The van der Waals surface area contributed by atoms with Crippen molar-refractivity contribution in [1.29, 1.82) is 0 Å². The highest BCUT2D eigenvalue weighted by Gasteiger charge is 2.20. The summed E-state index contributed by atoms with van der Waals surface area (Å²) < 4.78 is 5.38. The summed E-state index contributed by atoms with van der Waals surface area (Å²) in [6.45, 7) is 9.56. The van der Waals surface area contributed by atoms with Gasteiger partial charge >= 0.3 is 0 Å². The van der Waals surface area contributed by atoms with E-state index in [4.69, 9.17) is 4.74 Å². The van der Waals surface area contributed by atoms with Gasteiger partial charge in [0.2, 0.25) is 5.91 Å². The zero-order chi connectivity index (χ0) is 20.9. The molecule has 1 aliphatic rings. The molecule has 0 aromatic carbocycles. The van der Waals surface area contributed by atoms with Gasteiger partial charge in [0.1, 0.15) is 5.69 Å². The third-order valence-corrected chi connectivity index (χ3v) is 5.04. The van der Waals surface area contributed by atoms with Gasteiger partial charge in [0.15, 0.2) is 0 Å². The van der Waals surface area contributed by atoms with Gasteiger partial charge in [-0.1, -0.05) is 26.2 Å². The second kappa shape index (κ2) is 13.2. The molecular weight excluding hydrogens is 370 g/mol. The molecule has 0 spiro atoms. The standard InChI is InChI=1S/C21H35N5O3/c1-3-4-5-6-8-22-20(27)7-9-26(11-10-25-12-14-29-15-13-25)21(28)19-17-23-18(2)16-24-19/h16-17H,3-15H2,1-2H3,(H,22,27). The van der Waals surface area contributed by atoms with Crippen LogP contribution in [0.25, 0.3) is 0 Å². The molecule has 8 nitrogen and oxygen atoms in total. The lowest BCUT2D eigenvalue weighted by atomic mass is 10.2. The van der Waals surface area contributed by atoms with Crippen molar-refractivity contribution in [3.63, 3.8) is 0 Å². The minimum atomic E-state index is -0.179. The molecule has 0 saturated carbocycles. The first-order valence-corrected chi connectivity index (χ1v) is 10.7. The van der Waals surface area contributed by atoms with Crippen molar-refractivity contribution in [1.82, 2.24) is 25.1 Å². The van der Waals surface area contributed by atoms with Gasteiger partial charge in [-0.05, 0) is 13.3 Å². The number of carbonyl (C=O) groups is 2. The number of ether oxygens (including phenoxy) is 1. The van der Waals surface area contributed by atoms with Crippen LogP contribution in [-0.2, 0) is 9.53 Å². The average Bonchev–Trinajstić information content (AvgIpc) is 2.74. The average molecular weight is 406 g/mol. The van der Waals surface area contributed by atoms with Crippen LogP contribution in [0, 0.1) is 6.92 Å². The Labute approximate surface area is 174 Å². The molecule has 0 aliphatic carbocycles. The molecule has 1 N–H and O–H groups in total. The monoisotopic (exact) mass is 405 g/mol. The molecule has 0 radical (unpaired) electrons. The van der Waals surface area contributed by atoms with E-state index in [1.807, 2.05) is 6.92 Å². The Morgan fingerprint density at radius 2 is 1.93 bits per heavy atom. The minimum absolute atomic E-state index is 0.0133. The van der Waals surface area contributed by atoms with Crippen LogP contribution in [0.2, 0.25) is 0 Å². The number of aromatic nitrogens is 2. The van der Waals surface area contributed by atoms with Gasteiger partial charge in [0, 0.05) is 51.9 Å². The van der Waals surface area contributed by atoms with Crippen molar-refractivity contribution in [3.8, 4) is 0 Å². The third-order valence-electron chi connectivity index (χ3n) is 5.04. The molecule has 1 saturated heterocycles. The quantitative estimate of drug-likeness (QED) is 0.532. The molecule has 1 fully saturated rings. The van der Waals surface area contributed by atoms with Gasteiger partial charge in [0.05, 0.1) is 25.1 Å². The number of rotatable bonds is 12. The Kier molecular flexibility index (Phi) is 10.6. The summed E-state index contributed by atoms with van der Waals surface area (Å²) in [5.74, 6) is -0.192. The first-order chi connectivity index (χ1) is 14.1. The number of nitrogens with one attached hydrogen (secondary N) is 1. The Bertz CT molecular complexity index is 617. The Morgan fingerprint density at radius 1 is 1.14 bits per heavy atom. The molecule has 1 aliphatic heterocycles. The maximum absolute atomic E-state index is 12.9. The van der Waals surface area contributed by atoms with E-state index in [1.165, 1.54) is 19.0 Å². The summed E-state index contributed by atoms with van der Waals surface area (Å²) in [5.41, 5.74) is 1.08. The van der Waals surface area contributed by atoms with Gasteiger partial charge in [-0.15, -0.1) is 0 Å². The van der Waals surface area contributed by atoms with Crippen LogP contribution >= 0.6 is 0 Å². The highest BCUT2D eigenvalue weighted by molar-refractivity contribution is 5.92. The molecule has 2 rings (SSSR count). The van der Waals surface area contributed by atoms with E-state index in [1.54, 1.807) is 11.1 Å². The maximum atomic E-state index is 12.9. The smallest absolute Gasteiger partial charge is 0.274 e. The van der Waals surface area contributed by atoms with Crippen LogP contribution in [0.5, 0.6) is 0 Å². The Morgan fingerprint density at radius 3 is 2.62 bits per heavy atom. The van der Waals surface area contributed by atoms with Crippen molar-refractivity contribution in [2.45, 2.75) is 46.0 Å². The first-order valence-electron chi connectivity index (χ1n) is 10.7. The fourth-order valence-corrected chi connectivity index (χ4v) is 3.17. The summed E-state index contributed by atoms with van der Waals surface area (Å²) in [7, 11) is 0. The highest BCUT2D eigenvalue weighted by atomic mass is 16.5. The maximum Gasteiger partial charge on any atom is 0.274 e. The zero-order valence-electron chi connectivity index (χ0n) is 17.9. The zero-order valence-corrected chi connectivity index (χ0v) is 17.9. The van der Waals surface area contributed by atoms with Gasteiger partial charge in [-0.3, -0.25) is 19.5 Å². The molecule has 1 aromatic heterocycles. The van der Waals surface area contributed by atoms with Crippen LogP contribution in [0.4, 0.5) is 0 Å². The van der Waals surface area contributed by atoms with Crippen LogP contribution < -0.4 is 5.32 Å². The lowest BCUT2D eigenvalue weighted by molar-refractivity contribution is -0.121. The fourth-order valence-electron chi connectivity index (χ4n) is 3.17. The summed E-state index contributed by atoms with van der Waals surface area (Å²) in [5, 5.41) is 2.96. The third kappa shape index (κ3) is 8.87. The number of nitrogens with zero attached hydrogens (tertiary/aromatic N) is 4. The molecule has 162 valence electrons. The van der Waals surface area contributed by atoms with Gasteiger partial charge in [0.25, 0.3) is 5.91 Å². The lowest BCUT2D eigenvalue weighted by Crippen LogP contribution is -2.44. The fraction of sp³-hybridized carbons (Fsp3) is 0.714. The largest absolute Gasteiger partial charge is 0.379 e. The van der Waals surface area contributed by atoms with Crippen molar-refractivity contribution in [3.05, 3.63) is 23.8 Å². The predicted octanol–water partition coefficient (Wildman–Crippen LogP) is 1.65. The summed E-state index contributed by atoms with van der Waals surface area (Å²) in [6, 6.07) is 0. The molecule has 8 heteroatoms. The number of hydrogen-bond acceptors (Lipinski definition) is 6. The molecule has 0 unspecified atom stereocenters. The lowest BCUT2D eigenvalue weighted by Gasteiger charge is -2.30. The molecule has 2 amide bonds. The summed E-state index contributed by atoms with van der Waals surface area (Å²) >= 11 is 0. The Hall–Kier alpha value is -2.06. The molecule has 1 aromatic rings. The second-order valence-electron chi connectivity index (χ2n) is 7.45. The topological polar surface area (TPSA) is 87.7 Å². The van der Waals surface area contributed by atoms with Crippen LogP contribution in [-0.4, -0.2) is 84.1 Å². The van der Waals surface area contributed by atoms with Crippen LogP contribution in [0.3, 0.4) is 0 Å². The van der Waals surface area contributed by atoms with Gasteiger partial charge < -0.3 is 15.0 Å². The molecule has 2 heterocycles. The number of amides is 2. The summed E-state index contributed by atoms with van der Waals surface area (Å²) in [6.07, 6.45) is 7.89. The van der Waals surface area contributed by atoms with E-state index in [2.05, 4.69) is 27.1 Å². The first kappa shape index (κ1) is 23.2. The van der Waals surface area contributed by atoms with E-state index < -0.39 is 0 Å². The van der Waals surface area contributed by atoms with E-state index in [-0.39, 0.29) is 11.8 Å². The van der Waals surface area contributed by atoms with Crippen LogP contribution in [0.1, 0.15) is 55.2 Å². The van der Waals surface area contributed by atoms with Crippen molar-refractivity contribution in [2.24, 2.45) is 0 Å². The number of hydrogen-bond donors (Lipinski definition) is 1. The number of unbranched alkanes of at least 4 members (excludes halogenated alkanes) is 3. The van der Waals surface area contributed by atoms with E-state index in [0.29, 0.717) is 31.7 Å². The van der Waals surface area contributed by atoms with Crippen molar-refractivity contribution >= 4 is 11.8 Å². The van der Waals surface area contributed by atoms with E-state index >= 15 is 0 Å². The number of aryl methyl sites for hydroxylation is 1. The van der Waals surface area contributed by atoms with Gasteiger partial charge in [-0.25, -0.2) is 4.98 Å². The van der Waals surface area contributed by atoms with E-state index in [9.17, 15) is 9.59 Å². The van der Waals surface area contributed by atoms with Gasteiger partial charge in [-0.2, -0.15) is 0 Å². The molecule has 29 heavy (non-hydrogen) atoms. The normalized spacial score (nSPS) is 14.6. The van der Waals surface area contributed by atoms with E-state index in [0.717, 1.165) is 51.4 Å². The number of morpholine rings is 1. The summed E-state index contributed by atoms with van der Waals surface area (Å²) in [4.78, 5) is 37.5. The number of carbonyl (C=O) groups excluding carboxylic acids is 2. The minimum Gasteiger partial charge on any atom is -0.379 e. The van der Waals surface area contributed by atoms with Crippen molar-refractivity contribution < 1.29 is 14.3 Å². The van der Waals surface area contributed by atoms with Crippen molar-refractivity contribution in [2.75, 3.05) is 52.5 Å². The predicted molar refractivity (Wildman–Crippen MR) is 112 cm³/mol. The molecule has 0 bridgehead atoms. The van der Waals surface area contributed by atoms with Crippen LogP contribution in [0.15, 0.2) is 12.4 Å². The molecule has 0 atom stereocenters. The second-order valence-corrected chi connectivity index (χ2v) is 7.45. The Balaban J connectivity index is 1.86. The SMILES string of the molecule is CCCCCCNC(=O)CCN(CCN1CCOCC1)C(=O)c1cnc(C)cn1. The highest BCUT2D eigenvalue weighted by Crippen LogP contribution is 2.05.